The van der Waals surface area contributed by atoms with Gasteiger partial charge in [-0.05, 0) is 72.1 Å². The van der Waals surface area contributed by atoms with E-state index in [1.807, 2.05) is 0 Å². The second kappa shape index (κ2) is 8.99. The Morgan fingerprint density at radius 1 is 0.548 bits per heavy atom. The van der Waals surface area contributed by atoms with Crippen molar-refractivity contribution in [1.82, 2.24) is 0 Å². The lowest BCUT2D eigenvalue weighted by atomic mass is 10.2. The molecule has 0 amide bonds. The maximum atomic E-state index is 6.68. The summed E-state index contributed by atoms with van der Waals surface area (Å²) in [6.07, 6.45) is 0. The zero-order valence-electron chi connectivity index (χ0n) is 23.2. The van der Waals surface area contributed by atoms with Crippen molar-refractivity contribution >= 4 is 25.0 Å². The van der Waals surface area contributed by atoms with Crippen molar-refractivity contribution in [2.45, 2.75) is 123 Å². The maximum absolute atomic E-state index is 6.68. The molecule has 31 heavy (non-hydrogen) atoms. The predicted octanol–water partition coefficient (Wildman–Crippen LogP) is 8.98. The fourth-order valence-electron chi connectivity index (χ4n) is 2.21. The molecule has 1 aromatic rings. The molecule has 0 radical (unpaired) electrons. The van der Waals surface area contributed by atoms with Crippen molar-refractivity contribution in [1.29, 1.82) is 0 Å². The third-order valence-electron chi connectivity index (χ3n) is 7.70. The number of benzene rings is 1. The summed E-state index contributed by atoms with van der Waals surface area (Å²) in [7, 11) is -5.75. The van der Waals surface area contributed by atoms with Crippen LogP contribution in [0, 0.1) is 0 Å². The Balaban J connectivity index is 3.34. The Bertz CT molecular complexity index is 702. The lowest BCUT2D eigenvalue weighted by molar-refractivity contribution is 0.275. The summed E-state index contributed by atoms with van der Waals surface area (Å²) in [6, 6.07) is 6.41. The Hall–Kier alpha value is -0.569. The van der Waals surface area contributed by atoms with Gasteiger partial charge in [-0.1, -0.05) is 62.3 Å². The molecule has 0 aliphatic rings. The van der Waals surface area contributed by atoms with Gasteiger partial charge in [0.2, 0.25) is 16.6 Å². The van der Waals surface area contributed by atoms with E-state index in [2.05, 4.69) is 120 Å². The van der Waals surface area contributed by atoms with Gasteiger partial charge in [-0.2, -0.15) is 0 Å². The van der Waals surface area contributed by atoms with Gasteiger partial charge >= 0.3 is 0 Å². The first kappa shape index (κ1) is 28.5. The molecular formula is C25H50O3Si3. The minimum atomic E-state index is -1.95. The van der Waals surface area contributed by atoms with Crippen molar-refractivity contribution in [2.75, 3.05) is 0 Å². The molecule has 0 spiro atoms. The minimum Gasteiger partial charge on any atom is -0.543 e. The van der Waals surface area contributed by atoms with Crippen LogP contribution in [0.4, 0.5) is 0 Å². The van der Waals surface area contributed by atoms with E-state index in [0.29, 0.717) is 6.61 Å². The van der Waals surface area contributed by atoms with Gasteiger partial charge in [0.05, 0.1) is 6.61 Å². The molecule has 0 unspecified atom stereocenters. The van der Waals surface area contributed by atoms with Gasteiger partial charge in [-0.3, -0.25) is 0 Å². The molecule has 1 aromatic carbocycles. The van der Waals surface area contributed by atoms with Gasteiger partial charge in [0.15, 0.2) is 8.32 Å². The maximum Gasteiger partial charge on any atom is 0.250 e. The predicted molar refractivity (Wildman–Crippen MR) is 144 cm³/mol. The highest BCUT2D eigenvalue weighted by molar-refractivity contribution is 6.75. The second-order valence-electron chi connectivity index (χ2n) is 13.6. The summed E-state index contributed by atoms with van der Waals surface area (Å²) in [4.78, 5) is 0. The first-order chi connectivity index (χ1) is 13.5. The van der Waals surface area contributed by atoms with Crippen LogP contribution in [0.1, 0.15) is 67.9 Å². The molecular weight excluding hydrogens is 433 g/mol. The van der Waals surface area contributed by atoms with Gasteiger partial charge in [0.1, 0.15) is 11.5 Å². The highest BCUT2D eigenvalue weighted by Gasteiger charge is 2.41. The molecule has 0 aliphatic carbocycles. The van der Waals surface area contributed by atoms with Crippen molar-refractivity contribution in [3.8, 4) is 11.5 Å². The Labute approximate surface area is 196 Å². The molecule has 6 heteroatoms. The highest BCUT2D eigenvalue weighted by Crippen LogP contribution is 2.42. The average Bonchev–Trinajstić information content (AvgIpc) is 2.48. The molecule has 0 heterocycles. The molecule has 3 nitrogen and oxygen atoms in total. The van der Waals surface area contributed by atoms with Gasteiger partial charge in [0.25, 0.3) is 0 Å². The average molecular weight is 483 g/mol. The van der Waals surface area contributed by atoms with Crippen molar-refractivity contribution in [2.24, 2.45) is 0 Å². The summed E-state index contributed by atoms with van der Waals surface area (Å²) >= 11 is 0. The summed E-state index contributed by atoms with van der Waals surface area (Å²) < 4.78 is 19.9. The van der Waals surface area contributed by atoms with Crippen LogP contribution in [0.25, 0.3) is 0 Å². The molecule has 0 aliphatic heterocycles. The smallest absolute Gasteiger partial charge is 0.250 e. The van der Waals surface area contributed by atoms with Crippen LogP contribution in [0.3, 0.4) is 0 Å². The fraction of sp³-hybridized carbons (Fsp3) is 0.760. The van der Waals surface area contributed by atoms with Crippen LogP contribution in [-0.4, -0.2) is 25.0 Å². The molecule has 0 saturated heterocycles. The summed E-state index contributed by atoms with van der Waals surface area (Å²) in [5.41, 5.74) is 1.13. The van der Waals surface area contributed by atoms with Crippen LogP contribution in [0.2, 0.25) is 54.4 Å². The Morgan fingerprint density at radius 2 is 0.871 bits per heavy atom. The minimum absolute atomic E-state index is 0.140. The van der Waals surface area contributed by atoms with E-state index in [-0.39, 0.29) is 15.1 Å². The lowest BCUT2D eigenvalue weighted by Gasteiger charge is -2.38. The normalized spacial score (nSPS) is 14.5. The third kappa shape index (κ3) is 7.47. The molecule has 0 aromatic heterocycles. The van der Waals surface area contributed by atoms with Gasteiger partial charge in [-0.15, -0.1) is 0 Å². The highest BCUT2D eigenvalue weighted by atomic mass is 28.4. The van der Waals surface area contributed by atoms with Gasteiger partial charge in [0, 0.05) is 6.07 Å². The quantitative estimate of drug-likeness (QED) is 0.363. The fourth-order valence-corrected chi connectivity index (χ4v) is 5.19. The third-order valence-corrected chi connectivity index (χ3v) is 20.9. The van der Waals surface area contributed by atoms with E-state index >= 15 is 0 Å². The van der Waals surface area contributed by atoms with Crippen LogP contribution in [0.5, 0.6) is 11.5 Å². The first-order valence-corrected chi connectivity index (χ1v) is 20.4. The number of rotatable bonds is 7. The Kier molecular flexibility index (Phi) is 8.26. The summed E-state index contributed by atoms with van der Waals surface area (Å²) in [5.74, 6) is 1.83. The van der Waals surface area contributed by atoms with Gasteiger partial charge in [-0.25, -0.2) is 0 Å². The molecule has 0 fully saturated rings. The SMILES string of the molecule is CC(C)(C)[Si](C)(C)OCc1cc(O[Si](C)(C)C(C)(C)C)cc(O[Si](C)(C)C(C)(C)C)c1. The molecule has 0 atom stereocenters. The molecule has 180 valence electrons. The van der Waals surface area contributed by atoms with E-state index in [1.54, 1.807) is 0 Å². The van der Waals surface area contributed by atoms with E-state index in [9.17, 15) is 0 Å². The monoisotopic (exact) mass is 482 g/mol. The number of hydrogen-bond donors (Lipinski definition) is 0. The molecule has 1 rings (SSSR count). The summed E-state index contributed by atoms with van der Waals surface area (Å²) in [6.45, 7) is 34.9. The van der Waals surface area contributed by atoms with Crippen molar-refractivity contribution in [3.05, 3.63) is 23.8 Å². The van der Waals surface area contributed by atoms with Crippen LogP contribution >= 0.6 is 0 Å². The van der Waals surface area contributed by atoms with Gasteiger partial charge < -0.3 is 13.3 Å². The van der Waals surface area contributed by atoms with Crippen molar-refractivity contribution < 1.29 is 13.3 Å². The van der Waals surface area contributed by atoms with E-state index in [1.165, 1.54) is 0 Å². The van der Waals surface area contributed by atoms with Crippen LogP contribution in [-0.2, 0) is 11.0 Å². The first-order valence-electron chi connectivity index (χ1n) is 11.6. The Morgan fingerprint density at radius 3 is 1.16 bits per heavy atom. The molecule has 0 N–H and O–H groups in total. The van der Waals surface area contributed by atoms with Crippen LogP contribution in [0.15, 0.2) is 18.2 Å². The topological polar surface area (TPSA) is 27.7 Å². The number of hydrogen-bond acceptors (Lipinski definition) is 3. The zero-order chi connectivity index (χ0) is 24.7. The molecule has 0 saturated carbocycles. The second-order valence-corrected chi connectivity index (χ2v) is 27.8. The zero-order valence-corrected chi connectivity index (χ0v) is 26.2. The lowest BCUT2D eigenvalue weighted by Crippen LogP contribution is -2.44. The largest absolute Gasteiger partial charge is 0.543 e. The molecule has 0 bridgehead atoms. The standard InChI is InChI=1S/C25H50O3Si3/c1-23(2,3)29(10,11)26-19-20-16-21(27-30(12,13)24(4,5)6)18-22(17-20)28-31(14,15)25(7,8)9/h16-18H,19H2,1-15H3. The van der Waals surface area contributed by atoms with E-state index < -0.39 is 25.0 Å². The van der Waals surface area contributed by atoms with E-state index in [4.69, 9.17) is 13.3 Å². The van der Waals surface area contributed by atoms with Crippen LogP contribution < -0.4 is 8.85 Å². The van der Waals surface area contributed by atoms with E-state index in [0.717, 1.165) is 17.1 Å². The van der Waals surface area contributed by atoms with Crippen molar-refractivity contribution in [3.63, 3.8) is 0 Å². The summed E-state index contributed by atoms with van der Waals surface area (Å²) in [5, 5.41) is 0.463.